The average Bonchev–Trinajstić information content (AvgIpc) is 3.05. The first-order valence-corrected chi connectivity index (χ1v) is 8.52. The molecule has 1 amide bonds. The van der Waals surface area contributed by atoms with Crippen molar-refractivity contribution >= 4 is 17.2 Å². The smallest absolute Gasteiger partial charge is 0.260 e. The van der Waals surface area contributed by atoms with Gasteiger partial charge < -0.3 is 9.64 Å². The predicted octanol–water partition coefficient (Wildman–Crippen LogP) is 4.30. The van der Waals surface area contributed by atoms with Gasteiger partial charge in [-0.25, -0.2) is 0 Å². The minimum atomic E-state index is -0.00912. The Bertz CT molecular complexity index is 595. The fourth-order valence-electron chi connectivity index (χ4n) is 2.23. The Labute approximate surface area is 136 Å². The standard InChI is InChI=1S/C18H23NO2S/c1-4-14(2)16-7-5-6-8-17(16)21-12-18(20)19(3)11-15-9-10-22-13-15/h5-10,13-14H,4,11-12H2,1-3H3. The number of benzene rings is 1. The number of rotatable bonds is 7. The summed E-state index contributed by atoms with van der Waals surface area (Å²) in [5, 5.41) is 4.08. The van der Waals surface area contributed by atoms with Crippen molar-refractivity contribution in [3.05, 3.63) is 52.2 Å². The first-order chi connectivity index (χ1) is 10.6. The van der Waals surface area contributed by atoms with Gasteiger partial charge in [0.1, 0.15) is 5.75 Å². The van der Waals surface area contributed by atoms with E-state index in [0.717, 1.165) is 17.7 Å². The first kappa shape index (κ1) is 16.6. The van der Waals surface area contributed by atoms with Crippen LogP contribution >= 0.6 is 11.3 Å². The Hall–Kier alpha value is -1.81. The summed E-state index contributed by atoms with van der Waals surface area (Å²) in [5.41, 5.74) is 2.32. The van der Waals surface area contributed by atoms with Crippen LogP contribution in [-0.2, 0) is 11.3 Å². The Morgan fingerprint density at radius 2 is 2.09 bits per heavy atom. The van der Waals surface area contributed by atoms with Crippen LogP contribution < -0.4 is 4.74 Å². The maximum atomic E-state index is 12.2. The fourth-order valence-corrected chi connectivity index (χ4v) is 2.89. The van der Waals surface area contributed by atoms with E-state index in [4.69, 9.17) is 4.74 Å². The van der Waals surface area contributed by atoms with E-state index in [0.29, 0.717) is 12.5 Å². The second-order valence-corrected chi connectivity index (χ2v) is 6.30. The summed E-state index contributed by atoms with van der Waals surface area (Å²) in [6, 6.07) is 10.0. The minimum absolute atomic E-state index is 0.00912. The molecule has 0 radical (unpaired) electrons. The zero-order valence-electron chi connectivity index (χ0n) is 13.4. The van der Waals surface area contributed by atoms with Gasteiger partial charge in [-0.1, -0.05) is 32.0 Å². The highest BCUT2D eigenvalue weighted by molar-refractivity contribution is 7.07. The molecule has 0 aliphatic heterocycles. The summed E-state index contributed by atoms with van der Waals surface area (Å²) in [4.78, 5) is 13.9. The van der Waals surface area contributed by atoms with E-state index in [-0.39, 0.29) is 12.5 Å². The van der Waals surface area contributed by atoms with Gasteiger partial charge in [0.15, 0.2) is 6.61 Å². The van der Waals surface area contributed by atoms with Gasteiger partial charge in [-0.05, 0) is 46.4 Å². The molecule has 1 atom stereocenters. The first-order valence-electron chi connectivity index (χ1n) is 7.58. The maximum absolute atomic E-state index is 12.2. The lowest BCUT2D eigenvalue weighted by Crippen LogP contribution is -2.30. The van der Waals surface area contributed by atoms with E-state index in [1.807, 2.05) is 36.7 Å². The van der Waals surface area contributed by atoms with E-state index in [9.17, 15) is 4.79 Å². The van der Waals surface area contributed by atoms with Crippen LogP contribution in [0, 0.1) is 0 Å². The molecule has 0 aliphatic carbocycles. The molecule has 118 valence electrons. The van der Waals surface area contributed by atoms with Gasteiger partial charge >= 0.3 is 0 Å². The molecular formula is C18H23NO2S. The van der Waals surface area contributed by atoms with E-state index in [1.165, 1.54) is 5.56 Å². The van der Waals surface area contributed by atoms with Crippen LogP contribution in [0.2, 0.25) is 0 Å². The molecule has 0 saturated heterocycles. The number of thiophene rings is 1. The van der Waals surface area contributed by atoms with Gasteiger partial charge in [0, 0.05) is 13.6 Å². The number of ether oxygens (including phenoxy) is 1. The summed E-state index contributed by atoms with van der Waals surface area (Å²) >= 11 is 1.64. The predicted molar refractivity (Wildman–Crippen MR) is 91.4 cm³/mol. The molecule has 0 spiro atoms. The van der Waals surface area contributed by atoms with Gasteiger partial charge in [0.2, 0.25) is 0 Å². The second kappa shape index (κ2) is 7.99. The average molecular weight is 317 g/mol. The number of likely N-dealkylation sites (N-methyl/N-ethyl adjacent to an activating group) is 1. The Balaban J connectivity index is 1.93. The van der Waals surface area contributed by atoms with Gasteiger partial charge in [-0.15, -0.1) is 0 Å². The van der Waals surface area contributed by atoms with Crippen LogP contribution in [0.5, 0.6) is 5.75 Å². The van der Waals surface area contributed by atoms with E-state index >= 15 is 0 Å². The van der Waals surface area contributed by atoms with Crippen LogP contribution in [0.15, 0.2) is 41.1 Å². The number of amides is 1. The normalized spacial score (nSPS) is 12.0. The third-order valence-electron chi connectivity index (χ3n) is 3.84. The molecule has 1 aromatic heterocycles. The van der Waals surface area contributed by atoms with Crippen molar-refractivity contribution in [3.8, 4) is 5.75 Å². The number of hydrogen-bond donors (Lipinski definition) is 0. The molecule has 3 nitrogen and oxygen atoms in total. The molecule has 4 heteroatoms. The van der Waals surface area contributed by atoms with Crippen LogP contribution in [0.3, 0.4) is 0 Å². The summed E-state index contributed by atoms with van der Waals surface area (Å²) in [6.45, 7) is 5.03. The molecular weight excluding hydrogens is 294 g/mol. The largest absolute Gasteiger partial charge is 0.483 e. The molecule has 0 aliphatic rings. The summed E-state index contributed by atoms with van der Waals surface area (Å²) in [6.07, 6.45) is 1.05. The monoisotopic (exact) mass is 317 g/mol. The molecule has 1 aromatic carbocycles. The van der Waals surface area contributed by atoms with E-state index < -0.39 is 0 Å². The van der Waals surface area contributed by atoms with Crippen molar-refractivity contribution in [2.24, 2.45) is 0 Å². The van der Waals surface area contributed by atoms with E-state index in [1.54, 1.807) is 16.2 Å². The molecule has 0 bridgehead atoms. The number of carbonyl (C=O) groups excluding carboxylic acids is 1. The second-order valence-electron chi connectivity index (χ2n) is 5.52. The van der Waals surface area contributed by atoms with Crippen LogP contribution in [0.1, 0.15) is 37.3 Å². The lowest BCUT2D eigenvalue weighted by atomic mass is 9.98. The highest BCUT2D eigenvalue weighted by Crippen LogP contribution is 2.28. The molecule has 0 N–H and O–H groups in total. The van der Waals surface area contributed by atoms with Crippen molar-refractivity contribution < 1.29 is 9.53 Å². The Kier molecular flexibility index (Phi) is 6.01. The van der Waals surface area contributed by atoms with Crippen molar-refractivity contribution in [2.45, 2.75) is 32.7 Å². The lowest BCUT2D eigenvalue weighted by Gasteiger charge is -2.19. The molecule has 2 aromatic rings. The topological polar surface area (TPSA) is 29.5 Å². The van der Waals surface area contributed by atoms with Crippen molar-refractivity contribution in [3.63, 3.8) is 0 Å². The third kappa shape index (κ3) is 4.34. The maximum Gasteiger partial charge on any atom is 0.260 e. The molecule has 2 rings (SSSR count). The Morgan fingerprint density at radius 1 is 1.32 bits per heavy atom. The van der Waals surface area contributed by atoms with Gasteiger partial charge in [0.25, 0.3) is 5.91 Å². The highest BCUT2D eigenvalue weighted by Gasteiger charge is 2.13. The number of nitrogens with zero attached hydrogens (tertiary/aromatic N) is 1. The van der Waals surface area contributed by atoms with Gasteiger partial charge in [0.05, 0.1) is 0 Å². The van der Waals surface area contributed by atoms with Gasteiger partial charge in [-0.3, -0.25) is 4.79 Å². The van der Waals surface area contributed by atoms with Crippen LogP contribution in [0.4, 0.5) is 0 Å². The molecule has 0 fully saturated rings. The summed E-state index contributed by atoms with van der Waals surface area (Å²) < 4.78 is 5.77. The summed E-state index contributed by atoms with van der Waals surface area (Å²) in [5.74, 6) is 1.23. The Morgan fingerprint density at radius 3 is 2.77 bits per heavy atom. The minimum Gasteiger partial charge on any atom is -0.483 e. The summed E-state index contributed by atoms with van der Waals surface area (Å²) in [7, 11) is 1.81. The molecule has 22 heavy (non-hydrogen) atoms. The fraction of sp³-hybridized carbons (Fsp3) is 0.389. The SMILES string of the molecule is CCC(C)c1ccccc1OCC(=O)N(C)Cc1ccsc1. The lowest BCUT2D eigenvalue weighted by molar-refractivity contribution is -0.132. The zero-order chi connectivity index (χ0) is 15.9. The van der Waals surface area contributed by atoms with Crippen LogP contribution in [-0.4, -0.2) is 24.5 Å². The number of hydrogen-bond acceptors (Lipinski definition) is 3. The zero-order valence-corrected chi connectivity index (χ0v) is 14.2. The number of para-hydroxylation sites is 1. The highest BCUT2D eigenvalue weighted by atomic mass is 32.1. The number of carbonyl (C=O) groups is 1. The van der Waals surface area contributed by atoms with Crippen molar-refractivity contribution in [2.75, 3.05) is 13.7 Å². The molecule has 1 unspecified atom stereocenters. The van der Waals surface area contributed by atoms with Crippen molar-refractivity contribution in [1.29, 1.82) is 0 Å². The molecule has 1 heterocycles. The molecule has 0 saturated carbocycles. The quantitative estimate of drug-likeness (QED) is 0.762. The van der Waals surface area contributed by atoms with Gasteiger partial charge in [-0.2, -0.15) is 11.3 Å². The third-order valence-corrected chi connectivity index (χ3v) is 4.57. The van der Waals surface area contributed by atoms with Crippen molar-refractivity contribution in [1.82, 2.24) is 4.90 Å². The van der Waals surface area contributed by atoms with E-state index in [2.05, 4.69) is 25.3 Å². The van der Waals surface area contributed by atoms with Crippen LogP contribution in [0.25, 0.3) is 0 Å².